The van der Waals surface area contributed by atoms with Crippen molar-refractivity contribution in [2.24, 2.45) is 0 Å². The molecule has 4 nitrogen and oxygen atoms in total. The Kier molecular flexibility index (Phi) is 3.52. The monoisotopic (exact) mass is 181 g/mol. The van der Waals surface area contributed by atoms with Gasteiger partial charge in [-0.15, -0.1) is 0 Å². The van der Waals surface area contributed by atoms with Crippen LogP contribution < -0.4 is 11.1 Å². The number of hydrogen-bond acceptors (Lipinski definition) is 4. The van der Waals surface area contributed by atoms with Crippen LogP contribution in [0.25, 0.3) is 0 Å². The van der Waals surface area contributed by atoms with Crippen molar-refractivity contribution in [3.05, 3.63) is 17.8 Å². The zero-order valence-electron chi connectivity index (χ0n) is 7.75. The molecule has 0 fully saturated rings. The Morgan fingerprint density at radius 1 is 1.62 bits per heavy atom. The molecule has 0 aliphatic rings. The largest absolute Gasteiger partial charge is 0.397 e. The van der Waals surface area contributed by atoms with E-state index in [1.807, 2.05) is 13.0 Å². The van der Waals surface area contributed by atoms with Crippen molar-refractivity contribution in [2.75, 3.05) is 24.2 Å². The second kappa shape index (κ2) is 4.67. The van der Waals surface area contributed by atoms with Gasteiger partial charge in [0.25, 0.3) is 0 Å². The van der Waals surface area contributed by atoms with Crippen molar-refractivity contribution in [1.82, 2.24) is 4.98 Å². The summed E-state index contributed by atoms with van der Waals surface area (Å²) in [6, 6.07) is 1.87. The van der Waals surface area contributed by atoms with Crippen LogP contribution in [0.1, 0.15) is 12.0 Å². The molecule has 0 spiro atoms. The molecular weight excluding hydrogens is 166 g/mol. The highest BCUT2D eigenvalue weighted by atomic mass is 16.3. The Hall–Kier alpha value is -1.29. The molecule has 4 N–H and O–H groups in total. The van der Waals surface area contributed by atoms with E-state index in [0.717, 1.165) is 24.3 Å². The van der Waals surface area contributed by atoms with Gasteiger partial charge in [-0.25, -0.2) is 4.98 Å². The number of aliphatic hydroxyl groups excluding tert-OH is 1. The van der Waals surface area contributed by atoms with Crippen LogP contribution in [0.5, 0.6) is 0 Å². The van der Waals surface area contributed by atoms with Gasteiger partial charge in [0.15, 0.2) is 0 Å². The van der Waals surface area contributed by atoms with Gasteiger partial charge in [-0.3, -0.25) is 0 Å². The first-order valence-corrected chi connectivity index (χ1v) is 4.31. The lowest BCUT2D eigenvalue weighted by atomic mass is 10.2. The van der Waals surface area contributed by atoms with Gasteiger partial charge in [0.2, 0.25) is 0 Å². The highest BCUT2D eigenvalue weighted by Gasteiger charge is 1.98. The molecule has 13 heavy (non-hydrogen) atoms. The van der Waals surface area contributed by atoms with Gasteiger partial charge in [-0.05, 0) is 25.0 Å². The molecule has 0 saturated carbocycles. The maximum atomic E-state index is 8.58. The fraction of sp³-hybridized carbons (Fsp3) is 0.444. The lowest BCUT2D eigenvalue weighted by Crippen LogP contribution is -2.06. The average molecular weight is 181 g/mol. The Morgan fingerprint density at radius 3 is 3.00 bits per heavy atom. The summed E-state index contributed by atoms with van der Waals surface area (Å²) in [5.74, 6) is 0.836. The number of nitrogens with two attached hydrogens (primary N) is 1. The summed E-state index contributed by atoms with van der Waals surface area (Å²) >= 11 is 0. The number of pyridine rings is 1. The van der Waals surface area contributed by atoms with Crippen molar-refractivity contribution < 1.29 is 5.11 Å². The third-order valence-corrected chi connectivity index (χ3v) is 1.73. The minimum Gasteiger partial charge on any atom is -0.397 e. The highest BCUT2D eigenvalue weighted by molar-refractivity contribution is 5.50. The van der Waals surface area contributed by atoms with E-state index in [1.54, 1.807) is 6.20 Å². The molecule has 0 aliphatic carbocycles. The molecule has 0 unspecified atom stereocenters. The van der Waals surface area contributed by atoms with E-state index in [4.69, 9.17) is 10.8 Å². The van der Waals surface area contributed by atoms with Crippen molar-refractivity contribution >= 4 is 11.5 Å². The van der Waals surface area contributed by atoms with E-state index in [0.29, 0.717) is 5.69 Å². The molecule has 0 aliphatic heterocycles. The van der Waals surface area contributed by atoms with E-state index < -0.39 is 0 Å². The number of rotatable bonds is 4. The van der Waals surface area contributed by atoms with E-state index in [9.17, 15) is 0 Å². The van der Waals surface area contributed by atoms with Crippen LogP contribution in [-0.2, 0) is 0 Å². The van der Waals surface area contributed by atoms with Gasteiger partial charge in [-0.2, -0.15) is 0 Å². The topological polar surface area (TPSA) is 71.2 Å². The van der Waals surface area contributed by atoms with Crippen molar-refractivity contribution in [3.8, 4) is 0 Å². The van der Waals surface area contributed by atoms with Gasteiger partial charge in [-0.1, -0.05) is 0 Å². The van der Waals surface area contributed by atoms with Crippen LogP contribution >= 0.6 is 0 Å². The molecule has 0 atom stereocenters. The predicted molar refractivity (Wildman–Crippen MR) is 53.6 cm³/mol. The van der Waals surface area contributed by atoms with Crippen molar-refractivity contribution in [3.63, 3.8) is 0 Å². The van der Waals surface area contributed by atoms with E-state index in [2.05, 4.69) is 10.3 Å². The molecule has 1 heterocycles. The number of aryl methyl sites for hydroxylation is 1. The molecule has 0 bridgehead atoms. The fourth-order valence-electron chi connectivity index (χ4n) is 1.07. The van der Waals surface area contributed by atoms with Crippen molar-refractivity contribution in [2.45, 2.75) is 13.3 Å². The minimum absolute atomic E-state index is 0.195. The lowest BCUT2D eigenvalue weighted by molar-refractivity contribution is 0.292. The summed E-state index contributed by atoms with van der Waals surface area (Å²) < 4.78 is 0. The molecule has 0 amide bonds. The number of hydrogen-bond donors (Lipinski definition) is 3. The van der Waals surface area contributed by atoms with Crippen LogP contribution in [0.2, 0.25) is 0 Å². The van der Waals surface area contributed by atoms with Crippen LogP contribution in [0.4, 0.5) is 11.5 Å². The van der Waals surface area contributed by atoms with Gasteiger partial charge in [0, 0.05) is 13.2 Å². The number of nitrogen functional groups attached to an aromatic ring is 1. The Balaban J connectivity index is 2.56. The molecule has 0 aromatic carbocycles. The Labute approximate surface area is 77.8 Å². The smallest absolute Gasteiger partial charge is 0.128 e. The summed E-state index contributed by atoms with van der Waals surface area (Å²) in [6.45, 7) is 2.87. The first-order chi connectivity index (χ1) is 6.24. The van der Waals surface area contributed by atoms with E-state index in [1.165, 1.54) is 0 Å². The maximum absolute atomic E-state index is 8.58. The molecule has 72 valence electrons. The minimum atomic E-state index is 0.195. The molecule has 4 heteroatoms. The second-order valence-electron chi connectivity index (χ2n) is 2.94. The third-order valence-electron chi connectivity index (χ3n) is 1.73. The van der Waals surface area contributed by atoms with Gasteiger partial charge < -0.3 is 16.2 Å². The van der Waals surface area contributed by atoms with E-state index in [-0.39, 0.29) is 6.61 Å². The van der Waals surface area contributed by atoms with Gasteiger partial charge in [0.05, 0.1) is 11.9 Å². The number of aliphatic hydroxyl groups is 1. The summed E-state index contributed by atoms with van der Waals surface area (Å²) in [5.41, 5.74) is 7.25. The summed E-state index contributed by atoms with van der Waals surface area (Å²) in [6.07, 6.45) is 2.35. The first-order valence-electron chi connectivity index (χ1n) is 4.31. The lowest BCUT2D eigenvalue weighted by Gasteiger charge is -2.07. The third kappa shape index (κ3) is 2.91. The quantitative estimate of drug-likeness (QED) is 0.600. The van der Waals surface area contributed by atoms with Crippen LogP contribution in [0.3, 0.4) is 0 Å². The molecule has 1 aromatic rings. The summed E-state index contributed by atoms with van der Waals surface area (Å²) in [5, 5.41) is 11.7. The SMILES string of the molecule is Cc1cc(N)cnc1NCCCO. The average Bonchev–Trinajstić information content (AvgIpc) is 2.09. The fourth-order valence-corrected chi connectivity index (χ4v) is 1.07. The highest BCUT2D eigenvalue weighted by Crippen LogP contribution is 2.13. The number of anilines is 2. The van der Waals surface area contributed by atoms with Gasteiger partial charge >= 0.3 is 0 Å². The second-order valence-corrected chi connectivity index (χ2v) is 2.94. The van der Waals surface area contributed by atoms with Crippen LogP contribution in [0.15, 0.2) is 12.3 Å². The predicted octanol–water partition coefficient (Wildman–Crippen LogP) is 0.767. The zero-order valence-corrected chi connectivity index (χ0v) is 7.75. The molecule has 1 rings (SSSR count). The summed E-state index contributed by atoms with van der Waals surface area (Å²) in [7, 11) is 0. The molecule has 0 saturated heterocycles. The van der Waals surface area contributed by atoms with Crippen LogP contribution in [-0.4, -0.2) is 23.2 Å². The Bertz CT molecular complexity index is 276. The van der Waals surface area contributed by atoms with E-state index >= 15 is 0 Å². The molecule has 1 aromatic heterocycles. The normalized spacial score (nSPS) is 10.0. The number of aromatic nitrogens is 1. The standard InChI is InChI=1S/C9H15N3O/c1-7-5-8(10)6-12-9(7)11-3-2-4-13/h5-6,13H,2-4,10H2,1H3,(H,11,12). The first kappa shape index (κ1) is 9.80. The van der Waals surface area contributed by atoms with Gasteiger partial charge in [0.1, 0.15) is 5.82 Å². The van der Waals surface area contributed by atoms with Crippen LogP contribution in [0, 0.1) is 6.92 Å². The van der Waals surface area contributed by atoms with Crippen molar-refractivity contribution in [1.29, 1.82) is 0 Å². The molecular formula is C9H15N3O. The number of nitrogens with one attached hydrogen (secondary N) is 1. The molecule has 0 radical (unpaired) electrons. The number of nitrogens with zero attached hydrogens (tertiary/aromatic N) is 1. The Morgan fingerprint density at radius 2 is 2.38 bits per heavy atom. The summed E-state index contributed by atoms with van der Waals surface area (Å²) in [4.78, 5) is 4.13. The maximum Gasteiger partial charge on any atom is 0.128 e. The zero-order chi connectivity index (χ0) is 9.68.